The molecule has 0 bridgehead atoms. The Labute approximate surface area is 122 Å². The summed E-state index contributed by atoms with van der Waals surface area (Å²) in [6, 6.07) is 4.18. The minimum atomic E-state index is -0.376. The van der Waals surface area contributed by atoms with E-state index in [9.17, 15) is 9.18 Å². The molecule has 6 heteroatoms. The zero-order chi connectivity index (χ0) is 15.2. The summed E-state index contributed by atoms with van der Waals surface area (Å²) in [5.74, 6) is -0.0812. The largest absolute Gasteiger partial charge is 0.369 e. The van der Waals surface area contributed by atoms with Crippen LogP contribution in [0.1, 0.15) is 29.4 Å². The maximum atomic E-state index is 13.0. The number of hydrogen-bond donors (Lipinski definition) is 2. The number of halogens is 1. The number of nitrogens with one attached hydrogen (secondary N) is 2. The number of carbonyl (C=O) groups is 1. The normalized spacial score (nSPS) is 10.2. The van der Waals surface area contributed by atoms with Crippen LogP contribution in [0, 0.1) is 12.7 Å². The smallest absolute Gasteiger partial charge is 0.275 e. The van der Waals surface area contributed by atoms with Crippen LogP contribution in [0.15, 0.2) is 30.6 Å². The molecule has 21 heavy (non-hydrogen) atoms. The third-order valence-electron chi connectivity index (χ3n) is 2.88. The number of anilines is 2. The molecule has 2 rings (SSSR count). The standard InChI is InChI=1S/C15H17FN4O/c1-3-6-17-14-9-18-13(8-19-14)15(21)20-12-5-4-11(16)7-10(12)2/h4-5,7-9H,3,6H2,1-2H3,(H,17,19)(H,20,21). The summed E-state index contributed by atoms with van der Waals surface area (Å²) < 4.78 is 13.0. The number of rotatable bonds is 5. The first kappa shape index (κ1) is 14.9. The maximum Gasteiger partial charge on any atom is 0.275 e. The topological polar surface area (TPSA) is 66.9 Å². The molecule has 1 heterocycles. The Bertz CT molecular complexity index is 628. The average Bonchev–Trinajstić information content (AvgIpc) is 2.48. The van der Waals surface area contributed by atoms with Gasteiger partial charge in [0.2, 0.25) is 0 Å². The van der Waals surface area contributed by atoms with Crippen LogP contribution in [0.25, 0.3) is 0 Å². The molecule has 0 radical (unpaired) electrons. The highest BCUT2D eigenvalue weighted by Crippen LogP contribution is 2.16. The lowest BCUT2D eigenvalue weighted by molar-refractivity contribution is 0.102. The summed E-state index contributed by atoms with van der Waals surface area (Å²) >= 11 is 0. The SMILES string of the molecule is CCCNc1cnc(C(=O)Nc2ccc(F)cc2C)cn1. The van der Waals surface area contributed by atoms with Crippen molar-refractivity contribution in [2.45, 2.75) is 20.3 Å². The quantitative estimate of drug-likeness (QED) is 0.887. The molecule has 0 fully saturated rings. The maximum absolute atomic E-state index is 13.0. The highest BCUT2D eigenvalue weighted by Gasteiger charge is 2.10. The summed E-state index contributed by atoms with van der Waals surface area (Å²) in [5.41, 5.74) is 1.41. The number of aryl methyl sites for hydroxylation is 1. The van der Waals surface area contributed by atoms with Crippen molar-refractivity contribution in [2.24, 2.45) is 0 Å². The predicted molar refractivity (Wildman–Crippen MR) is 79.9 cm³/mol. The second-order valence-electron chi connectivity index (χ2n) is 4.63. The van der Waals surface area contributed by atoms with Crippen LogP contribution in [-0.4, -0.2) is 22.4 Å². The number of hydrogen-bond acceptors (Lipinski definition) is 4. The van der Waals surface area contributed by atoms with E-state index in [2.05, 4.69) is 20.6 Å². The highest BCUT2D eigenvalue weighted by molar-refractivity contribution is 6.03. The molecule has 0 spiro atoms. The van der Waals surface area contributed by atoms with E-state index in [0.717, 1.165) is 13.0 Å². The van der Waals surface area contributed by atoms with Crippen LogP contribution in [0.2, 0.25) is 0 Å². The van der Waals surface area contributed by atoms with Crippen molar-refractivity contribution in [1.82, 2.24) is 9.97 Å². The van der Waals surface area contributed by atoms with Gasteiger partial charge in [-0.15, -0.1) is 0 Å². The van der Waals surface area contributed by atoms with E-state index in [1.165, 1.54) is 30.6 Å². The van der Waals surface area contributed by atoms with E-state index < -0.39 is 0 Å². The number of amides is 1. The molecule has 0 aliphatic rings. The van der Waals surface area contributed by atoms with E-state index in [-0.39, 0.29) is 17.4 Å². The molecule has 5 nitrogen and oxygen atoms in total. The van der Waals surface area contributed by atoms with E-state index in [1.807, 2.05) is 6.92 Å². The second kappa shape index (κ2) is 6.78. The van der Waals surface area contributed by atoms with Gasteiger partial charge in [0.25, 0.3) is 5.91 Å². The molecule has 2 N–H and O–H groups in total. The summed E-state index contributed by atoms with van der Waals surface area (Å²) in [6.07, 6.45) is 3.90. The summed E-state index contributed by atoms with van der Waals surface area (Å²) in [5, 5.41) is 5.77. The van der Waals surface area contributed by atoms with Gasteiger partial charge in [0.15, 0.2) is 0 Å². The van der Waals surface area contributed by atoms with Gasteiger partial charge in [0.05, 0.1) is 12.4 Å². The van der Waals surface area contributed by atoms with E-state index in [1.54, 1.807) is 6.92 Å². The fourth-order valence-corrected chi connectivity index (χ4v) is 1.74. The third kappa shape index (κ3) is 3.98. The monoisotopic (exact) mass is 288 g/mol. The predicted octanol–water partition coefficient (Wildman–Crippen LogP) is 3.00. The lowest BCUT2D eigenvalue weighted by Gasteiger charge is -2.08. The number of nitrogens with zero attached hydrogens (tertiary/aromatic N) is 2. The fraction of sp³-hybridized carbons (Fsp3) is 0.267. The van der Waals surface area contributed by atoms with E-state index >= 15 is 0 Å². The van der Waals surface area contributed by atoms with Crippen LogP contribution < -0.4 is 10.6 Å². The van der Waals surface area contributed by atoms with Gasteiger partial charge in [-0.05, 0) is 37.1 Å². The lowest BCUT2D eigenvalue weighted by atomic mass is 10.2. The fourth-order valence-electron chi connectivity index (χ4n) is 1.74. The molecule has 110 valence electrons. The van der Waals surface area contributed by atoms with Crippen molar-refractivity contribution in [3.63, 3.8) is 0 Å². The molecule has 1 aromatic carbocycles. The lowest BCUT2D eigenvalue weighted by Crippen LogP contribution is -2.15. The number of benzene rings is 1. The second-order valence-corrected chi connectivity index (χ2v) is 4.63. The molecule has 0 saturated carbocycles. The van der Waals surface area contributed by atoms with Gasteiger partial charge in [-0.3, -0.25) is 4.79 Å². The molecule has 0 saturated heterocycles. The molecule has 2 aromatic rings. The first-order chi connectivity index (χ1) is 10.1. The Kier molecular flexibility index (Phi) is 4.81. The molecule has 0 atom stereocenters. The van der Waals surface area contributed by atoms with Crippen molar-refractivity contribution in [3.8, 4) is 0 Å². The number of carbonyl (C=O) groups excluding carboxylic acids is 1. The summed E-state index contributed by atoms with van der Waals surface area (Å²) in [7, 11) is 0. The molecular weight excluding hydrogens is 271 g/mol. The van der Waals surface area contributed by atoms with Gasteiger partial charge in [0, 0.05) is 12.2 Å². The average molecular weight is 288 g/mol. The van der Waals surface area contributed by atoms with Gasteiger partial charge in [-0.1, -0.05) is 6.92 Å². The van der Waals surface area contributed by atoms with Crippen LogP contribution in [-0.2, 0) is 0 Å². The van der Waals surface area contributed by atoms with Crippen molar-refractivity contribution in [1.29, 1.82) is 0 Å². The Hall–Kier alpha value is -2.50. The Balaban J connectivity index is 2.06. The molecule has 1 aromatic heterocycles. The Morgan fingerprint density at radius 1 is 1.29 bits per heavy atom. The van der Waals surface area contributed by atoms with E-state index in [0.29, 0.717) is 17.1 Å². The van der Waals surface area contributed by atoms with Crippen molar-refractivity contribution >= 4 is 17.4 Å². The minimum Gasteiger partial charge on any atom is -0.369 e. The molecular formula is C15H17FN4O. The van der Waals surface area contributed by atoms with Gasteiger partial charge >= 0.3 is 0 Å². The van der Waals surface area contributed by atoms with Gasteiger partial charge < -0.3 is 10.6 Å². The highest BCUT2D eigenvalue weighted by atomic mass is 19.1. The Morgan fingerprint density at radius 2 is 2.10 bits per heavy atom. The number of aromatic nitrogens is 2. The minimum absolute atomic E-state index is 0.209. The zero-order valence-electron chi connectivity index (χ0n) is 12.0. The van der Waals surface area contributed by atoms with Crippen LogP contribution in [0.3, 0.4) is 0 Å². The van der Waals surface area contributed by atoms with Crippen molar-refractivity contribution in [2.75, 3.05) is 17.2 Å². The summed E-state index contributed by atoms with van der Waals surface area (Å²) in [4.78, 5) is 20.2. The molecule has 0 aliphatic carbocycles. The van der Waals surface area contributed by atoms with Gasteiger partial charge in [-0.25, -0.2) is 14.4 Å². The molecule has 0 unspecified atom stereocenters. The van der Waals surface area contributed by atoms with Crippen molar-refractivity contribution < 1.29 is 9.18 Å². The first-order valence-corrected chi connectivity index (χ1v) is 6.73. The van der Waals surface area contributed by atoms with Crippen LogP contribution >= 0.6 is 0 Å². The third-order valence-corrected chi connectivity index (χ3v) is 2.88. The molecule has 1 amide bonds. The first-order valence-electron chi connectivity index (χ1n) is 6.73. The Morgan fingerprint density at radius 3 is 2.71 bits per heavy atom. The van der Waals surface area contributed by atoms with Gasteiger partial charge in [-0.2, -0.15) is 0 Å². The van der Waals surface area contributed by atoms with Gasteiger partial charge in [0.1, 0.15) is 17.3 Å². The molecule has 0 aliphatic heterocycles. The van der Waals surface area contributed by atoms with E-state index in [4.69, 9.17) is 0 Å². The van der Waals surface area contributed by atoms with Crippen LogP contribution in [0.4, 0.5) is 15.9 Å². The zero-order valence-corrected chi connectivity index (χ0v) is 12.0. The van der Waals surface area contributed by atoms with Crippen molar-refractivity contribution in [3.05, 3.63) is 47.7 Å². The van der Waals surface area contributed by atoms with Crippen LogP contribution in [0.5, 0.6) is 0 Å². The summed E-state index contributed by atoms with van der Waals surface area (Å²) in [6.45, 7) is 4.57.